The standard InChI is InChI=1S/C14H15NO4/c16-13(17)12-10-6-15(7-11(10)12)14(18)19-8-9-4-2-1-3-5-9/h1-5,10-12H,6-8H2,(H,16,17)/p-1/t10-,11+,12?. The number of nitrogens with zero attached hydrogens (tertiary/aromatic N) is 1. The predicted molar refractivity (Wildman–Crippen MR) is 63.7 cm³/mol. The van der Waals surface area contributed by atoms with Gasteiger partial charge in [-0.05, 0) is 17.4 Å². The van der Waals surface area contributed by atoms with Crippen LogP contribution in [0.25, 0.3) is 0 Å². The van der Waals surface area contributed by atoms with Crippen molar-refractivity contribution in [3.05, 3.63) is 35.9 Å². The first-order valence-electron chi connectivity index (χ1n) is 6.33. The highest BCUT2D eigenvalue weighted by molar-refractivity contribution is 5.75. The molecule has 2 aliphatic rings. The molecule has 1 amide bonds. The van der Waals surface area contributed by atoms with Crippen molar-refractivity contribution in [3.8, 4) is 0 Å². The van der Waals surface area contributed by atoms with E-state index in [1.54, 1.807) is 4.90 Å². The fraction of sp³-hybridized carbons (Fsp3) is 0.429. The lowest BCUT2D eigenvalue weighted by Crippen LogP contribution is -2.35. The Kier molecular flexibility index (Phi) is 2.89. The van der Waals surface area contributed by atoms with E-state index in [2.05, 4.69) is 0 Å². The Bertz CT molecular complexity index is 489. The summed E-state index contributed by atoms with van der Waals surface area (Å²) in [5.41, 5.74) is 0.938. The molecule has 1 aliphatic heterocycles. The van der Waals surface area contributed by atoms with Crippen LogP contribution < -0.4 is 5.11 Å². The molecule has 3 atom stereocenters. The quantitative estimate of drug-likeness (QED) is 0.781. The highest BCUT2D eigenvalue weighted by Gasteiger charge is 2.57. The maximum atomic E-state index is 11.8. The highest BCUT2D eigenvalue weighted by atomic mass is 16.6. The fourth-order valence-corrected chi connectivity index (χ4v) is 2.84. The summed E-state index contributed by atoms with van der Waals surface area (Å²) in [4.78, 5) is 24.1. The van der Waals surface area contributed by atoms with Gasteiger partial charge in [-0.3, -0.25) is 0 Å². The summed E-state index contributed by atoms with van der Waals surface area (Å²) in [6.45, 7) is 1.18. The molecule has 1 aliphatic carbocycles. The van der Waals surface area contributed by atoms with Crippen LogP contribution in [0.5, 0.6) is 0 Å². The lowest BCUT2D eigenvalue weighted by molar-refractivity contribution is -0.308. The molecule has 1 saturated carbocycles. The molecule has 1 aromatic carbocycles. The van der Waals surface area contributed by atoms with Crippen LogP contribution in [0.2, 0.25) is 0 Å². The Balaban J connectivity index is 1.47. The average Bonchev–Trinajstić information content (AvgIpc) is 2.93. The van der Waals surface area contributed by atoms with Gasteiger partial charge >= 0.3 is 6.09 Å². The molecule has 2 fully saturated rings. The van der Waals surface area contributed by atoms with Crippen LogP contribution in [-0.2, 0) is 16.1 Å². The number of carbonyl (C=O) groups is 2. The number of ether oxygens (including phenoxy) is 1. The zero-order valence-corrected chi connectivity index (χ0v) is 10.3. The molecule has 0 radical (unpaired) electrons. The van der Waals surface area contributed by atoms with Gasteiger partial charge in [0.25, 0.3) is 0 Å². The number of benzene rings is 1. The zero-order valence-electron chi connectivity index (χ0n) is 10.3. The largest absolute Gasteiger partial charge is 0.550 e. The summed E-state index contributed by atoms with van der Waals surface area (Å²) in [5.74, 6) is -1.23. The van der Waals surface area contributed by atoms with Crippen LogP contribution >= 0.6 is 0 Å². The van der Waals surface area contributed by atoms with Gasteiger partial charge in [-0.25, -0.2) is 4.79 Å². The molecule has 0 aromatic heterocycles. The van der Waals surface area contributed by atoms with Crippen molar-refractivity contribution in [2.75, 3.05) is 13.1 Å². The number of hydrogen-bond acceptors (Lipinski definition) is 4. The monoisotopic (exact) mass is 260 g/mol. The number of fused-ring (bicyclic) bond motifs is 1. The molecule has 5 nitrogen and oxygen atoms in total. The van der Waals surface area contributed by atoms with Gasteiger partial charge in [0.2, 0.25) is 0 Å². The lowest BCUT2D eigenvalue weighted by atomic mass is 10.2. The normalized spacial score (nSPS) is 27.8. The molecule has 0 bridgehead atoms. The highest BCUT2D eigenvalue weighted by Crippen LogP contribution is 2.51. The Hall–Kier alpha value is -2.04. The van der Waals surface area contributed by atoms with Crippen molar-refractivity contribution in [1.82, 2.24) is 4.90 Å². The summed E-state index contributed by atoms with van der Waals surface area (Å²) in [6, 6.07) is 9.46. The lowest BCUT2D eigenvalue weighted by Gasteiger charge is -2.19. The van der Waals surface area contributed by atoms with Gasteiger partial charge in [0, 0.05) is 25.0 Å². The fourth-order valence-electron chi connectivity index (χ4n) is 2.84. The van der Waals surface area contributed by atoms with Crippen molar-refractivity contribution < 1.29 is 19.4 Å². The third-order valence-corrected chi connectivity index (χ3v) is 3.93. The van der Waals surface area contributed by atoms with Crippen molar-refractivity contribution in [2.45, 2.75) is 6.61 Å². The second kappa shape index (κ2) is 4.57. The van der Waals surface area contributed by atoms with Crippen LogP contribution in [0.4, 0.5) is 4.79 Å². The maximum absolute atomic E-state index is 11.8. The SMILES string of the molecule is O=C([O-])C1[C@H]2CN(C(=O)OCc3ccccc3)C[C@@H]12. The summed E-state index contributed by atoms with van der Waals surface area (Å²) in [5, 5.41) is 10.7. The minimum atomic E-state index is -0.993. The number of aliphatic carboxylic acids is 1. The summed E-state index contributed by atoms with van der Waals surface area (Å²) >= 11 is 0. The predicted octanol–water partition coefficient (Wildman–Crippen LogP) is 0.251. The van der Waals surface area contributed by atoms with E-state index in [0.29, 0.717) is 13.1 Å². The van der Waals surface area contributed by atoms with Crippen LogP contribution in [0.3, 0.4) is 0 Å². The number of amides is 1. The number of rotatable bonds is 3. The minimum absolute atomic E-state index is 0.0641. The molecule has 0 spiro atoms. The van der Waals surface area contributed by atoms with Gasteiger partial charge in [-0.2, -0.15) is 0 Å². The van der Waals surface area contributed by atoms with Crippen LogP contribution in [0.1, 0.15) is 5.56 Å². The first kappa shape index (κ1) is 12.0. The van der Waals surface area contributed by atoms with E-state index in [1.165, 1.54) is 0 Å². The first-order chi connectivity index (χ1) is 9.16. The molecule has 19 heavy (non-hydrogen) atoms. The number of hydrogen-bond donors (Lipinski definition) is 0. The summed E-state index contributed by atoms with van der Waals surface area (Å²) < 4.78 is 5.20. The molecule has 1 aromatic rings. The molecule has 5 heteroatoms. The van der Waals surface area contributed by atoms with E-state index in [4.69, 9.17) is 4.74 Å². The van der Waals surface area contributed by atoms with Gasteiger partial charge < -0.3 is 19.5 Å². The van der Waals surface area contributed by atoms with E-state index in [9.17, 15) is 14.7 Å². The Morgan fingerprint density at radius 1 is 1.21 bits per heavy atom. The van der Waals surface area contributed by atoms with Gasteiger partial charge in [-0.1, -0.05) is 30.3 Å². The first-order valence-corrected chi connectivity index (χ1v) is 6.33. The van der Waals surface area contributed by atoms with E-state index in [-0.39, 0.29) is 30.5 Å². The van der Waals surface area contributed by atoms with Crippen molar-refractivity contribution in [3.63, 3.8) is 0 Å². The van der Waals surface area contributed by atoms with Crippen molar-refractivity contribution in [2.24, 2.45) is 17.8 Å². The summed E-state index contributed by atoms with van der Waals surface area (Å²) in [7, 11) is 0. The molecule has 100 valence electrons. The Morgan fingerprint density at radius 2 is 1.84 bits per heavy atom. The maximum Gasteiger partial charge on any atom is 0.410 e. The van der Waals surface area contributed by atoms with Gasteiger partial charge in [0.1, 0.15) is 6.61 Å². The van der Waals surface area contributed by atoms with Crippen LogP contribution in [0.15, 0.2) is 30.3 Å². The third-order valence-electron chi connectivity index (χ3n) is 3.93. The van der Waals surface area contributed by atoms with Crippen LogP contribution in [0, 0.1) is 17.8 Å². The van der Waals surface area contributed by atoms with E-state index in [0.717, 1.165) is 5.56 Å². The topological polar surface area (TPSA) is 69.7 Å². The van der Waals surface area contributed by atoms with Gasteiger partial charge in [-0.15, -0.1) is 0 Å². The van der Waals surface area contributed by atoms with E-state index >= 15 is 0 Å². The molecular weight excluding hydrogens is 246 g/mol. The third kappa shape index (κ3) is 2.28. The average molecular weight is 260 g/mol. The Morgan fingerprint density at radius 3 is 2.42 bits per heavy atom. The minimum Gasteiger partial charge on any atom is -0.550 e. The number of carboxylic acid groups (broad SMARTS) is 1. The summed E-state index contributed by atoms with van der Waals surface area (Å²) in [6.07, 6.45) is -0.367. The second-order valence-electron chi connectivity index (χ2n) is 5.12. The molecule has 1 heterocycles. The molecular formula is C14H14NO4-. The van der Waals surface area contributed by atoms with Crippen molar-refractivity contribution >= 4 is 12.1 Å². The number of carboxylic acids is 1. The number of likely N-dealkylation sites (tertiary alicyclic amines) is 1. The Labute approximate surface area is 110 Å². The van der Waals surface area contributed by atoms with E-state index in [1.807, 2.05) is 30.3 Å². The van der Waals surface area contributed by atoms with Crippen LogP contribution in [-0.4, -0.2) is 30.1 Å². The van der Waals surface area contributed by atoms with E-state index < -0.39 is 5.97 Å². The number of carbonyl (C=O) groups excluding carboxylic acids is 2. The zero-order chi connectivity index (χ0) is 13.4. The smallest absolute Gasteiger partial charge is 0.410 e. The van der Waals surface area contributed by atoms with Gasteiger partial charge in [0.15, 0.2) is 0 Å². The molecule has 3 rings (SSSR count). The van der Waals surface area contributed by atoms with Gasteiger partial charge in [0.05, 0.1) is 0 Å². The van der Waals surface area contributed by atoms with Crippen molar-refractivity contribution in [1.29, 1.82) is 0 Å². The molecule has 1 saturated heterocycles. The number of piperidine rings is 1. The molecule has 0 N–H and O–H groups in total. The molecule has 1 unspecified atom stereocenters. The second-order valence-corrected chi connectivity index (χ2v) is 5.12.